The Morgan fingerprint density at radius 3 is 2.58 bits per heavy atom. The number of aromatic nitrogens is 1. The van der Waals surface area contributed by atoms with Gasteiger partial charge in [0.2, 0.25) is 11.8 Å². The lowest BCUT2D eigenvalue weighted by Crippen LogP contribution is -2.51. The third-order valence-corrected chi connectivity index (χ3v) is 7.07. The number of halogens is 1. The molecule has 5 rings (SSSR count). The lowest BCUT2D eigenvalue weighted by atomic mass is 10.1. The van der Waals surface area contributed by atoms with Crippen molar-refractivity contribution in [1.29, 1.82) is 0 Å². The number of aromatic hydroxyl groups is 2. The second-order valence-corrected chi connectivity index (χ2v) is 9.27. The molecule has 1 aliphatic carbocycles. The summed E-state index contributed by atoms with van der Waals surface area (Å²) in [5.74, 6) is -0.662. The van der Waals surface area contributed by atoms with E-state index in [0.29, 0.717) is 43.1 Å². The zero-order chi connectivity index (χ0) is 22.9. The van der Waals surface area contributed by atoms with E-state index in [1.165, 1.54) is 29.8 Å². The van der Waals surface area contributed by atoms with E-state index in [1.54, 1.807) is 4.90 Å². The van der Waals surface area contributed by atoms with Gasteiger partial charge in [-0.3, -0.25) is 4.90 Å². The number of anilines is 1. The standard InChI is InChI=1S/C23H29ClN4O5/c24-17-5-4-16(19(14-17)27-12-13-32-20-3-1-2-18(20)27)15-25-8-10-26(11-9-25)23(31)33-28-21(29)6-7-22(28)30/h4-7,14,18,20,29-30H,1-3,8-13,15H2. The van der Waals surface area contributed by atoms with Crippen LogP contribution >= 0.6 is 11.6 Å². The molecule has 2 aromatic rings. The van der Waals surface area contributed by atoms with Gasteiger partial charge >= 0.3 is 6.09 Å². The lowest BCUT2D eigenvalue weighted by molar-refractivity contribution is 0.0255. The van der Waals surface area contributed by atoms with Crippen molar-refractivity contribution in [2.75, 3.05) is 44.2 Å². The fourth-order valence-corrected chi connectivity index (χ4v) is 5.29. The molecular formula is C23H29ClN4O5. The van der Waals surface area contributed by atoms with Gasteiger partial charge in [0.05, 0.1) is 18.8 Å². The van der Waals surface area contributed by atoms with Gasteiger partial charge < -0.3 is 29.6 Å². The molecule has 2 atom stereocenters. The Morgan fingerprint density at radius 2 is 1.82 bits per heavy atom. The Kier molecular flexibility index (Phi) is 6.27. The molecule has 178 valence electrons. The molecule has 1 aromatic carbocycles. The Labute approximate surface area is 197 Å². The van der Waals surface area contributed by atoms with Crippen molar-refractivity contribution in [3.05, 3.63) is 40.9 Å². The smallest absolute Gasteiger partial charge is 0.434 e. The van der Waals surface area contributed by atoms with Crippen LogP contribution < -0.4 is 9.74 Å². The fourth-order valence-electron chi connectivity index (χ4n) is 5.12. The first kappa shape index (κ1) is 22.2. The summed E-state index contributed by atoms with van der Waals surface area (Å²) in [7, 11) is 0. The van der Waals surface area contributed by atoms with Gasteiger partial charge in [-0.25, -0.2) is 4.79 Å². The van der Waals surface area contributed by atoms with Gasteiger partial charge in [0, 0.05) is 62.1 Å². The highest BCUT2D eigenvalue weighted by Crippen LogP contribution is 2.36. The topological polar surface area (TPSA) is 90.6 Å². The summed E-state index contributed by atoms with van der Waals surface area (Å²) < 4.78 is 6.71. The fraction of sp³-hybridized carbons (Fsp3) is 0.522. The highest BCUT2D eigenvalue weighted by atomic mass is 35.5. The largest absolute Gasteiger partial charge is 0.492 e. The van der Waals surface area contributed by atoms with Gasteiger partial charge in [-0.1, -0.05) is 17.7 Å². The number of rotatable bonds is 4. The van der Waals surface area contributed by atoms with E-state index in [1.807, 2.05) is 6.07 Å². The van der Waals surface area contributed by atoms with Crippen LogP contribution in [0.2, 0.25) is 5.02 Å². The molecule has 2 N–H and O–H groups in total. The molecule has 9 nitrogen and oxygen atoms in total. The molecule has 3 fully saturated rings. The first-order chi connectivity index (χ1) is 16.0. The summed E-state index contributed by atoms with van der Waals surface area (Å²) >= 11 is 6.39. The predicted molar refractivity (Wildman–Crippen MR) is 123 cm³/mol. The first-order valence-corrected chi connectivity index (χ1v) is 11.8. The highest BCUT2D eigenvalue weighted by molar-refractivity contribution is 6.30. The van der Waals surface area contributed by atoms with E-state index in [-0.39, 0.29) is 11.8 Å². The van der Waals surface area contributed by atoms with Crippen LogP contribution in [0.4, 0.5) is 10.5 Å². The van der Waals surface area contributed by atoms with Gasteiger partial charge in [-0.2, -0.15) is 0 Å². The maximum absolute atomic E-state index is 12.4. The number of morpholine rings is 1. The SMILES string of the molecule is O=C(On1c(O)ccc1O)N1CCN(Cc2ccc(Cl)cc2N2CCOC3CCCC32)CC1. The average molecular weight is 477 g/mol. The zero-order valence-corrected chi connectivity index (χ0v) is 19.2. The molecule has 0 bridgehead atoms. The number of fused-ring (bicyclic) bond motifs is 1. The normalized spacial score (nSPS) is 23.5. The minimum absolute atomic E-state index is 0.305. The minimum Gasteiger partial charge on any atom is -0.492 e. The van der Waals surface area contributed by atoms with Gasteiger partial charge in [-0.15, -0.1) is 4.73 Å². The number of piperazine rings is 1. The van der Waals surface area contributed by atoms with E-state index in [2.05, 4.69) is 21.9 Å². The number of hydrogen-bond donors (Lipinski definition) is 2. The highest BCUT2D eigenvalue weighted by Gasteiger charge is 2.37. The molecule has 1 amide bonds. The summed E-state index contributed by atoms with van der Waals surface area (Å²) in [6, 6.07) is 9.04. The molecule has 0 radical (unpaired) electrons. The maximum atomic E-state index is 12.4. The zero-order valence-electron chi connectivity index (χ0n) is 18.4. The van der Waals surface area contributed by atoms with Crippen LogP contribution in [-0.2, 0) is 11.3 Å². The Bertz CT molecular complexity index is 987. The number of benzene rings is 1. The number of ether oxygens (including phenoxy) is 1. The Morgan fingerprint density at radius 1 is 1.06 bits per heavy atom. The van der Waals surface area contributed by atoms with E-state index in [0.717, 1.165) is 37.6 Å². The first-order valence-electron chi connectivity index (χ1n) is 11.5. The second kappa shape index (κ2) is 9.32. The molecule has 33 heavy (non-hydrogen) atoms. The van der Waals surface area contributed by atoms with E-state index >= 15 is 0 Å². The van der Waals surface area contributed by atoms with Gasteiger partial charge in [0.25, 0.3) is 0 Å². The quantitative estimate of drug-likeness (QED) is 0.701. The third kappa shape index (κ3) is 4.58. The minimum atomic E-state index is -0.607. The Balaban J connectivity index is 1.23. The molecule has 3 heterocycles. The van der Waals surface area contributed by atoms with Crippen LogP contribution in [0.15, 0.2) is 30.3 Å². The monoisotopic (exact) mass is 476 g/mol. The molecule has 1 saturated carbocycles. The van der Waals surface area contributed by atoms with Gasteiger partial charge in [0.1, 0.15) is 0 Å². The number of carbonyl (C=O) groups is 1. The van der Waals surface area contributed by atoms with Crippen molar-refractivity contribution in [3.8, 4) is 11.8 Å². The van der Waals surface area contributed by atoms with E-state index in [9.17, 15) is 15.0 Å². The maximum Gasteiger partial charge on any atom is 0.434 e. The van der Waals surface area contributed by atoms with Crippen molar-refractivity contribution in [3.63, 3.8) is 0 Å². The molecule has 3 aliphatic rings. The van der Waals surface area contributed by atoms with Gasteiger partial charge in [0.15, 0.2) is 0 Å². The predicted octanol–water partition coefficient (Wildman–Crippen LogP) is 2.68. The van der Waals surface area contributed by atoms with Crippen LogP contribution in [0.5, 0.6) is 11.8 Å². The summed E-state index contributed by atoms with van der Waals surface area (Å²) in [6.07, 6.45) is 3.15. The summed E-state index contributed by atoms with van der Waals surface area (Å²) in [4.78, 5) is 23.9. The molecule has 1 aromatic heterocycles. The van der Waals surface area contributed by atoms with E-state index in [4.69, 9.17) is 21.2 Å². The van der Waals surface area contributed by atoms with Crippen LogP contribution in [0.3, 0.4) is 0 Å². The molecule has 0 spiro atoms. The van der Waals surface area contributed by atoms with E-state index < -0.39 is 6.09 Å². The molecule has 2 saturated heterocycles. The number of amides is 1. The molecule has 10 heteroatoms. The number of carbonyl (C=O) groups excluding carboxylic acids is 1. The van der Waals surface area contributed by atoms with Crippen LogP contribution in [0.1, 0.15) is 24.8 Å². The number of hydrogen-bond acceptors (Lipinski definition) is 7. The average Bonchev–Trinajstić information content (AvgIpc) is 3.42. The molecule has 2 unspecified atom stereocenters. The Hall–Kier alpha value is -2.62. The summed E-state index contributed by atoms with van der Waals surface area (Å²) in [6.45, 7) is 4.74. The van der Waals surface area contributed by atoms with Crippen molar-refractivity contribution >= 4 is 23.4 Å². The van der Waals surface area contributed by atoms with Crippen LogP contribution in [0, 0.1) is 0 Å². The van der Waals surface area contributed by atoms with Crippen molar-refractivity contribution in [2.24, 2.45) is 0 Å². The lowest BCUT2D eigenvalue weighted by Gasteiger charge is -2.41. The van der Waals surface area contributed by atoms with Crippen LogP contribution in [0.25, 0.3) is 0 Å². The summed E-state index contributed by atoms with van der Waals surface area (Å²) in [5, 5.41) is 20.1. The van der Waals surface area contributed by atoms with Crippen molar-refractivity contribution in [1.82, 2.24) is 14.5 Å². The molecule has 2 aliphatic heterocycles. The van der Waals surface area contributed by atoms with Crippen molar-refractivity contribution < 1.29 is 24.6 Å². The number of nitrogens with zero attached hydrogens (tertiary/aromatic N) is 4. The van der Waals surface area contributed by atoms with Crippen molar-refractivity contribution in [2.45, 2.75) is 38.0 Å². The molecular weight excluding hydrogens is 448 g/mol. The third-order valence-electron chi connectivity index (χ3n) is 6.83. The second-order valence-electron chi connectivity index (χ2n) is 8.84. The summed E-state index contributed by atoms with van der Waals surface area (Å²) in [5.41, 5.74) is 2.41. The van der Waals surface area contributed by atoms with Crippen LogP contribution in [-0.4, -0.2) is 82.3 Å². The van der Waals surface area contributed by atoms with Gasteiger partial charge in [-0.05, 0) is 37.0 Å².